The van der Waals surface area contributed by atoms with Crippen molar-refractivity contribution in [3.8, 4) is 5.75 Å². The van der Waals surface area contributed by atoms with Gasteiger partial charge in [0.2, 0.25) is 0 Å². The monoisotopic (exact) mass is 403 g/mol. The lowest BCUT2D eigenvalue weighted by atomic mass is 10.2. The molecule has 0 radical (unpaired) electrons. The molecule has 0 heterocycles. The van der Waals surface area contributed by atoms with Gasteiger partial charge in [-0.3, -0.25) is 0 Å². The van der Waals surface area contributed by atoms with Gasteiger partial charge in [0.15, 0.2) is 0 Å². The molecule has 0 unspecified atom stereocenters. The van der Waals surface area contributed by atoms with Crippen LogP contribution in [0.4, 0.5) is 20.2 Å². The van der Waals surface area contributed by atoms with E-state index in [0.717, 1.165) is 5.56 Å². The molecule has 3 rings (SSSR count). The van der Waals surface area contributed by atoms with Gasteiger partial charge in [0.1, 0.15) is 24.0 Å². The van der Waals surface area contributed by atoms with Crippen molar-refractivity contribution in [3.05, 3.63) is 87.9 Å². The lowest BCUT2D eigenvalue weighted by Crippen LogP contribution is -1.99. The summed E-state index contributed by atoms with van der Waals surface area (Å²) in [6.45, 7) is 2.01. The number of ether oxygens (including phenoxy) is 1. The zero-order valence-electron chi connectivity index (χ0n) is 13.5. The average molecular weight is 404 g/mol. The molecule has 0 saturated heterocycles. The Bertz CT molecular complexity index is 884. The highest BCUT2D eigenvalue weighted by Crippen LogP contribution is 2.36. The standard InChI is InChI=1S/C20H16BrF2NO/c1-13-9-16(7-8-17(13)23)24-18-10-15(22)11-19(20(18)21)25-12-14-5-3-2-4-6-14/h2-11,24H,12H2,1H3. The van der Waals surface area contributed by atoms with E-state index in [1.807, 2.05) is 30.3 Å². The van der Waals surface area contributed by atoms with Crippen LogP contribution in [0.1, 0.15) is 11.1 Å². The normalized spacial score (nSPS) is 10.6. The number of halogens is 3. The minimum atomic E-state index is -0.424. The van der Waals surface area contributed by atoms with Gasteiger partial charge in [-0.1, -0.05) is 30.3 Å². The van der Waals surface area contributed by atoms with Crippen LogP contribution in [0.25, 0.3) is 0 Å². The molecule has 128 valence electrons. The van der Waals surface area contributed by atoms with Gasteiger partial charge in [-0.15, -0.1) is 0 Å². The number of hydrogen-bond acceptors (Lipinski definition) is 2. The molecule has 0 saturated carbocycles. The molecule has 1 N–H and O–H groups in total. The van der Waals surface area contributed by atoms with Crippen LogP contribution < -0.4 is 10.1 Å². The Morgan fingerprint density at radius 1 is 1.00 bits per heavy atom. The van der Waals surface area contributed by atoms with E-state index < -0.39 is 5.82 Å². The van der Waals surface area contributed by atoms with Crippen molar-refractivity contribution in [2.45, 2.75) is 13.5 Å². The first kappa shape index (κ1) is 17.4. The number of hydrogen-bond donors (Lipinski definition) is 1. The van der Waals surface area contributed by atoms with E-state index in [-0.39, 0.29) is 5.82 Å². The van der Waals surface area contributed by atoms with Crippen molar-refractivity contribution < 1.29 is 13.5 Å². The Morgan fingerprint density at radius 2 is 1.76 bits per heavy atom. The number of aryl methyl sites for hydroxylation is 1. The molecular weight excluding hydrogens is 388 g/mol. The Kier molecular flexibility index (Phi) is 5.34. The molecule has 2 nitrogen and oxygen atoms in total. The SMILES string of the molecule is Cc1cc(Nc2cc(F)cc(OCc3ccccc3)c2Br)ccc1F. The number of nitrogens with one attached hydrogen (secondary N) is 1. The van der Waals surface area contributed by atoms with Crippen LogP contribution in [0.15, 0.2) is 65.1 Å². The van der Waals surface area contributed by atoms with Crippen LogP contribution in [0, 0.1) is 18.6 Å². The van der Waals surface area contributed by atoms with Crippen molar-refractivity contribution in [1.82, 2.24) is 0 Å². The van der Waals surface area contributed by atoms with Gasteiger partial charge in [-0.05, 0) is 58.2 Å². The molecule has 3 aromatic rings. The van der Waals surface area contributed by atoms with E-state index in [1.54, 1.807) is 19.1 Å². The molecule has 0 aliphatic heterocycles. The summed E-state index contributed by atoms with van der Waals surface area (Å²) in [7, 11) is 0. The maximum absolute atomic E-state index is 14.0. The van der Waals surface area contributed by atoms with Gasteiger partial charge in [0.25, 0.3) is 0 Å². The Morgan fingerprint density at radius 3 is 2.48 bits per heavy atom. The zero-order chi connectivity index (χ0) is 17.8. The molecule has 0 amide bonds. The summed E-state index contributed by atoms with van der Waals surface area (Å²) in [5.41, 5.74) is 2.67. The summed E-state index contributed by atoms with van der Waals surface area (Å²) in [6, 6.07) is 17.0. The first-order valence-corrected chi connectivity index (χ1v) is 8.51. The summed E-state index contributed by atoms with van der Waals surface area (Å²) in [5.74, 6) is -0.312. The Balaban J connectivity index is 1.82. The highest BCUT2D eigenvalue weighted by molar-refractivity contribution is 9.10. The first-order chi connectivity index (χ1) is 12.0. The summed E-state index contributed by atoms with van der Waals surface area (Å²) in [5, 5.41) is 3.09. The second kappa shape index (κ2) is 7.66. The van der Waals surface area contributed by atoms with Gasteiger partial charge in [-0.25, -0.2) is 8.78 Å². The molecule has 0 aromatic heterocycles. The Labute approximate surface area is 153 Å². The molecule has 0 bridgehead atoms. The Hall–Kier alpha value is -2.40. The lowest BCUT2D eigenvalue weighted by molar-refractivity contribution is 0.303. The van der Waals surface area contributed by atoms with E-state index in [2.05, 4.69) is 21.2 Å². The van der Waals surface area contributed by atoms with E-state index in [9.17, 15) is 8.78 Å². The third-order valence-corrected chi connectivity index (χ3v) is 4.50. The second-order valence-electron chi connectivity index (χ2n) is 5.63. The zero-order valence-corrected chi connectivity index (χ0v) is 15.1. The van der Waals surface area contributed by atoms with E-state index in [1.165, 1.54) is 18.2 Å². The molecule has 0 aliphatic rings. The lowest BCUT2D eigenvalue weighted by Gasteiger charge is -2.14. The summed E-state index contributed by atoms with van der Waals surface area (Å²) >= 11 is 3.45. The summed E-state index contributed by atoms with van der Waals surface area (Å²) < 4.78 is 33.7. The van der Waals surface area contributed by atoms with E-state index in [0.29, 0.717) is 33.8 Å². The highest BCUT2D eigenvalue weighted by atomic mass is 79.9. The summed E-state index contributed by atoms with van der Waals surface area (Å²) in [4.78, 5) is 0. The summed E-state index contributed by atoms with van der Waals surface area (Å²) in [6.07, 6.45) is 0. The fraction of sp³-hybridized carbons (Fsp3) is 0.100. The van der Waals surface area contributed by atoms with Crippen LogP contribution >= 0.6 is 15.9 Å². The molecule has 0 spiro atoms. The highest BCUT2D eigenvalue weighted by Gasteiger charge is 2.11. The van der Waals surface area contributed by atoms with Crippen LogP contribution in [0.5, 0.6) is 5.75 Å². The van der Waals surface area contributed by atoms with Crippen LogP contribution in [-0.2, 0) is 6.61 Å². The van der Waals surface area contributed by atoms with Gasteiger partial charge in [-0.2, -0.15) is 0 Å². The van der Waals surface area contributed by atoms with Gasteiger partial charge in [0, 0.05) is 11.8 Å². The smallest absolute Gasteiger partial charge is 0.139 e. The molecule has 0 aliphatic carbocycles. The van der Waals surface area contributed by atoms with Crippen molar-refractivity contribution in [2.24, 2.45) is 0 Å². The number of rotatable bonds is 5. The van der Waals surface area contributed by atoms with Crippen molar-refractivity contribution in [1.29, 1.82) is 0 Å². The first-order valence-electron chi connectivity index (χ1n) is 7.72. The fourth-order valence-electron chi connectivity index (χ4n) is 2.37. The van der Waals surface area contributed by atoms with Crippen LogP contribution in [-0.4, -0.2) is 0 Å². The predicted octanol–water partition coefficient (Wildman–Crippen LogP) is 6.36. The van der Waals surface area contributed by atoms with Gasteiger partial charge < -0.3 is 10.1 Å². The maximum atomic E-state index is 14.0. The van der Waals surface area contributed by atoms with Crippen LogP contribution in [0.2, 0.25) is 0 Å². The van der Waals surface area contributed by atoms with Gasteiger partial charge in [0.05, 0.1) is 10.2 Å². The number of anilines is 2. The van der Waals surface area contributed by atoms with Gasteiger partial charge >= 0.3 is 0 Å². The third kappa shape index (κ3) is 4.37. The number of benzene rings is 3. The quantitative estimate of drug-likeness (QED) is 0.535. The molecular formula is C20H16BrF2NO. The van der Waals surface area contributed by atoms with E-state index in [4.69, 9.17) is 4.74 Å². The topological polar surface area (TPSA) is 21.3 Å². The van der Waals surface area contributed by atoms with E-state index >= 15 is 0 Å². The molecule has 25 heavy (non-hydrogen) atoms. The largest absolute Gasteiger partial charge is 0.488 e. The van der Waals surface area contributed by atoms with Crippen molar-refractivity contribution in [2.75, 3.05) is 5.32 Å². The fourth-order valence-corrected chi connectivity index (χ4v) is 2.82. The van der Waals surface area contributed by atoms with Crippen LogP contribution in [0.3, 0.4) is 0 Å². The van der Waals surface area contributed by atoms with Crippen molar-refractivity contribution >= 4 is 27.3 Å². The minimum absolute atomic E-state index is 0.282. The molecule has 5 heteroatoms. The second-order valence-corrected chi connectivity index (χ2v) is 6.42. The average Bonchev–Trinajstić information content (AvgIpc) is 2.60. The third-order valence-electron chi connectivity index (χ3n) is 3.68. The van der Waals surface area contributed by atoms with Crippen molar-refractivity contribution in [3.63, 3.8) is 0 Å². The molecule has 0 fully saturated rings. The molecule has 3 aromatic carbocycles. The molecule has 0 atom stereocenters. The maximum Gasteiger partial charge on any atom is 0.139 e. The predicted molar refractivity (Wildman–Crippen MR) is 99.3 cm³/mol. The minimum Gasteiger partial charge on any atom is -0.488 e.